The highest BCUT2D eigenvalue weighted by atomic mass is 35.5. The molecule has 0 radical (unpaired) electrons. The van der Waals surface area contributed by atoms with Gasteiger partial charge in [-0.15, -0.1) is 0 Å². The summed E-state index contributed by atoms with van der Waals surface area (Å²) in [4.78, 5) is 4.04. The molecular weight excluding hydrogens is 305 g/mol. The highest BCUT2D eigenvalue weighted by Gasteiger charge is 2.34. The van der Waals surface area contributed by atoms with Crippen molar-refractivity contribution in [3.05, 3.63) is 40.9 Å². The minimum absolute atomic E-state index is 0.0143. The SMILES string of the molecule is CC(C)n1ncnc1CNc1c(Cl)cccc1C(F)(F)F. The first-order valence-corrected chi connectivity index (χ1v) is 6.66. The van der Waals surface area contributed by atoms with Gasteiger partial charge in [0, 0.05) is 6.04 Å². The molecule has 114 valence electrons. The van der Waals surface area contributed by atoms with E-state index in [1.807, 2.05) is 13.8 Å². The Bertz CT molecular complexity index is 622. The maximum Gasteiger partial charge on any atom is 0.418 e. The van der Waals surface area contributed by atoms with Gasteiger partial charge in [-0.2, -0.15) is 18.3 Å². The summed E-state index contributed by atoms with van der Waals surface area (Å²) in [6.45, 7) is 3.93. The number of alkyl halides is 3. The number of anilines is 1. The van der Waals surface area contributed by atoms with Crippen molar-refractivity contribution in [3.8, 4) is 0 Å². The molecular formula is C13H14ClF3N4. The molecule has 8 heteroatoms. The summed E-state index contributed by atoms with van der Waals surface area (Å²) in [6.07, 6.45) is -3.10. The number of hydrogen-bond donors (Lipinski definition) is 1. The molecule has 0 amide bonds. The fourth-order valence-electron chi connectivity index (χ4n) is 1.94. The van der Waals surface area contributed by atoms with Crippen LogP contribution in [-0.4, -0.2) is 14.8 Å². The molecule has 4 nitrogen and oxygen atoms in total. The van der Waals surface area contributed by atoms with Gasteiger partial charge in [0.25, 0.3) is 0 Å². The van der Waals surface area contributed by atoms with Crippen LogP contribution in [0.15, 0.2) is 24.5 Å². The third kappa shape index (κ3) is 3.47. The molecule has 0 saturated heterocycles. The molecule has 0 unspecified atom stereocenters. The molecule has 21 heavy (non-hydrogen) atoms. The fraction of sp³-hybridized carbons (Fsp3) is 0.385. The number of halogens is 4. The van der Waals surface area contributed by atoms with Gasteiger partial charge in [0.05, 0.1) is 22.8 Å². The molecule has 1 aromatic heterocycles. The largest absolute Gasteiger partial charge is 0.418 e. The minimum atomic E-state index is -4.47. The van der Waals surface area contributed by atoms with Crippen molar-refractivity contribution in [2.45, 2.75) is 32.6 Å². The summed E-state index contributed by atoms with van der Waals surface area (Å²) in [5.74, 6) is 0.540. The predicted molar refractivity (Wildman–Crippen MR) is 74.2 cm³/mol. The molecule has 2 rings (SSSR count). The lowest BCUT2D eigenvalue weighted by Crippen LogP contribution is -2.15. The average molecular weight is 319 g/mol. The Morgan fingerprint density at radius 3 is 2.67 bits per heavy atom. The van der Waals surface area contributed by atoms with Crippen molar-refractivity contribution >= 4 is 17.3 Å². The number of rotatable bonds is 4. The normalized spacial score (nSPS) is 12.0. The monoisotopic (exact) mass is 318 g/mol. The topological polar surface area (TPSA) is 42.7 Å². The lowest BCUT2D eigenvalue weighted by Gasteiger charge is -2.16. The van der Waals surface area contributed by atoms with Crippen molar-refractivity contribution in [1.29, 1.82) is 0 Å². The first-order chi connectivity index (χ1) is 9.80. The van der Waals surface area contributed by atoms with Gasteiger partial charge in [0.15, 0.2) is 0 Å². The van der Waals surface area contributed by atoms with Crippen LogP contribution in [0.5, 0.6) is 0 Å². The average Bonchev–Trinajstić information content (AvgIpc) is 2.84. The van der Waals surface area contributed by atoms with Crippen LogP contribution in [-0.2, 0) is 12.7 Å². The van der Waals surface area contributed by atoms with E-state index in [1.54, 1.807) is 4.68 Å². The van der Waals surface area contributed by atoms with Crippen LogP contribution >= 0.6 is 11.6 Å². The van der Waals surface area contributed by atoms with Gasteiger partial charge in [-0.3, -0.25) is 0 Å². The number of para-hydroxylation sites is 1. The van der Waals surface area contributed by atoms with Crippen LogP contribution in [0.4, 0.5) is 18.9 Å². The Labute approximate surface area is 124 Å². The molecule has 0 atom stereocenters. The first kappa shape index (κ1) is 15.6. The number of aromatic nitrogens is 3. The molecule has 1 aromatic carbocycles. The van der Waals surface area contributed by atoms with E-state index in [0.717, 1.165) is 6.07 Å². The standard InChI is InChI=1S/C13H14ClF3N4/c1-8(2)21-11(19-7-20-21)6-18-12-9(13(15,16)17)4-3-5-10(12)14/h3-5,7-8,18H,6H2,1-2H3. The van der Waals surface area contributed by atoms with Gasteiger partial charge >= 0.3 is 6.18 Å². The van der Waals surface area contributed by atoms with Crippen molar-refractivity contribution < 1.29 is 13.2 Å². The molecule has 1 heterocycles. The van der Waals surface area contributed by atoms with Crippen molar-refractivity contribution in [2.24, 2.45) is 0 Å². The van der Waals surface area contributed by atoms with E-state index in [1.165, 1.54) is 18.5 Å². The maximum atomic E-state index is 13.0. The van der Waals surface area contributed by atoms with E-state index in [0.29, 0.717) is 5.82 Å². The Morgan fingerprint density at radius 2 is 2.05 bits per heavy atom. The summed E-state index contributed by atoms with van der Waals surface area (Å²) < 4.78 is 40.5. The second-order valence-electron chi connectivity index (χ2n) is 4.73. The summed E-state index contributed by atoms with van der Waals surface area (Å²) in [5.41, 5.74) is -0.949. The van der Waals surface area contributed by atoms with E-state index in [4.69, 9.17) is 11.6 Å². The molecule has 1 N–H and O–H groups in total. The zero-order chi connectivity index (χ0) is 15.6. The van der Waals surface area contributed by atoms with Gasteiger partial charge < -0.3 is 5.32 Å². The summed E-state index contributed by atoms with van der Waals surface area (Å²) in [5, 5.41) is 6.76. The first-order valence-electron chi connectivity index (χ1n) is 6.28. The second kappa shape index (κ2) is 5.93. The lowest BCUT2D eigenvalue weighted by molar-refractivity contribution is -0.136. The lowest BCUT2D eigenvalue weighted by atomic mass is 10.1. The molecule has 2 aromatic rings. The zero-order valence-electron chi connectivity index (χ0n) is 11.4. The fourth-order valence-corrected chi connectivity index (χ4v) is 2.18. The van der Waals surface area contributed by atoms with Crippen molar-refractivity contribution in [2.75, 3.05) is 5.32 Å². The number of hydrogen-bond acceptors (Lipinski definition) is 3. The van der Waals surface area contributed by atoms with Crippen LogP contribution in [0, 0.1) is 0 Å². The Hall–Kier alpha value is -1.76. The highest BCUT2D eigenvalue weighted by Crippen LogP contribution is 2.38. The maximum absolute atomic E-state index is 13.0. The van der Waals surface area contributed by atoms with Crippen molar-refractivity contribution in [3.63, 3.8) is 0 Å². The van der Waals surface area contributed by atoms with E-state index in [9.17, 15) is 13.2 Å². The van der Waals surface area contributed by atoms with Gasteiger partial charge in [0.1, 0.15) is 12.2 Å². The Morgan fingerprint density at radius 1 is 1.33 bits per heavy atom. The van der Waals surface area contributed by atoms with Crippen LogP contribution in [0.25, 0.3) is 0 Å². The predicted octanol–water partition coefficient (Wildman–Crippen LogP) is 4.14. The molecule has 0 aliphatic carbocycles. The summed E-state index contributed by atoms with van der Waals surface area (Å²) >= 11 is 5.87. The minimum Gasteiger partial charge on any atom is -0.376 e. The quantitative estimate of drug-likeness (QED) is 0.921. The van der Waals surface area contributed by atoms with Crippen LogP contribution < -0.4 is 5.32 Å². The molecule has 0 bridgehead atoms. The number of benzene rings is 1. The van der Waals surface area contributed by atoms with Gasteiger partial charge in [-0.25, -0.2) is 9.67 Å². The second-order valence-corrected chi connectivity index (χ2v) is 5.14. The smallest absolute Gasteiger partial charge is 0.376 e. The van der Waals surface area contributed by atoms with Gasteiger partial charge in [0.2, 0.25) is 0 Å². The Kier molecular flexibility index (Phi) is 4.41. The summed E-state index contributed by atoms with van der Waals surface area (Å²) in [6, 6.07) is 3.73. The van der Waals surface area contributed by atoms with E-state index >= 15 is 0 Å². The highest BCUT2D eigenvalue weighted by molar-refractivity contribution is 6.33. The van der Waals surface area contributed by atoms with Crippen molar-refractivity contribution in [1.82, 2.24) is 14.8 Å². The van der Waals surface area contributed by atoms with Gasteiger partial charge in [-0.1, -0.05) is 17.7 Å². The van der Waals surface area contributed by atoms with E-state index in [-0.39, 0.29) is 23.3 Å². The number of nitrogens with one attached hydrogen (secondary N) is 1. The van der Waals surface area contributed by atoms with E-state index < -0.39 is 11.7 Å². The van der Waals surface area contributed by atoms with Crippen LogP contribution in [0.1, 0.15) is 31.3 Å². The number of nitrogens with zero attached hydrogens (tertiary/aromatic N) is 3. The Balaban J connectivity index is 2.26. The molecule has 0 saturated carbocycles. The third-order valence-corrected chi connectivity index (χ3v) is 3.19. The van der Waals surface area contributed by atoms with Crippen LogP contribution in [0.2, 0.25) is 5.02 Å². The summed E-state index contributed by atoms with van der Waals surface area (Å²) in [7, 11) is 0. The molecule has 0 aliphatic heterocycles. The third-order valence-electron chi connectivity index (χ3n) is 2.88. The zero-order valence-corrected chi connectivity index (χ0v) is 12.2. The van der Waals surface area contributed by atoms with Crippen LogP contribution in [0.3, 0.4) is 0 Å². The molecule has 0 fully saturated rings. The molecule has 0 aliphatic rings. The van der Waals surface area contributed by atoms with Gasteiger partial charge in [-0.05, 0) is 26.0 Å². The molecule has 0 spiro atoms. The van der Waals surface area contributed by atoms with E-state index in [2.05, 4.69) is 15.4 Å².